The standard InChI is InChI=1S/C24H28ClN3O4/c25-19-8-9-20(21(30)14-19)22-24(18-4-2-1-3-5-18,23(31)26-10-12-32-13-11-29)27-16-28(22)15-17-6-7-17/h1-5,8-9,14,16-17,22,29-30H,6-7,10-13,15H2,(H,26,31)/t22-,24+/m0/s1. The predicted molar refractivity (Wildman–Crippen MR) is 123 cm³/mol. The number of phenols is 1. The number of phenolic OH excluding ortho intramolecular Hbond substituents is 1. The molecule has 2 aliphatic rings. The number of benzene rings is 2. The SMILES string of the molecule is O=C(NCCOCCO)[C@]1(c2ccccc2)N=CN(CC2CC2)[C@H]1c1ccc(Cl)cc1O. The van der Waals surface area contributed by atoms with Gasteiger partial charge in [0.15, 0.2) is 5.54 Å². The van der Waals surface area contributed by atoms with Gasteiger partial charge in [0.2, 0.25) is 0 Å². The van der Waals surface area contributed by atoms with Gasteiger partial charge in [-0.05, 0) is 36.5 Å². The quantitative estimate of drug-likeness (QED) is 0.477. The van der Waals surface area contributed by atoms with E-state index in [1.165, 1.54) is 6.07 Å². The topological polar surface area (TPSA) is 94.4 Å². The highest BCUT2D eigenvalue weighted by Gasteiger charge is 2.54. The van der Waals surface area contributed by atoms with Crippen molar-refractivity contribution in [1.29, 1.82) is 0 Å². The highest BCUT2D eigenvalue weighted by Crippen LogP contribution is 2.49. The molecule has 7 nitrogen and oxygen atoms in total. The van der Waals surface area contributed by atoms with Crippen molar-refractivity contribution in [2.45, 2.75) is 24.4 Å². The number of hydrogen-bond acceptors (Lipinski definition) is 6. The Morgan fingerprint density at radius 2 is 2.00 bits per heavy atom. The summed E-state index contributed by atoms with van der Waals surface area (Å²) in [4.78, 5) is 20.6. The first-order chi connectivity index (χ1) is 15.6. The lowest BCUT2D eigenvalue weighted by atomic mass is 9.78. The number of carbonyl (C=O) groups is 1. The average Bonchev–Trinajstić information content (AvgIpc) is 3.53. The molecule has 0 saturated heterocycles. The third-order valence-electron chi connectivity index (χ3n) is 5.92. The van der Waals surface area contributed by atoms with Crippen molar-refractivity contribution in [3.63, 3.8) is 0 Å². The van der Waals surface area contributed by atoms with E-state index in [0.717, 1.165) is 24.9 Å². The second-order valence-corrected chi connectivity index (χ2v) is 8.65. The van der Waals surface area contributed by atoms with E-state index in [1.807, 2.05) is 30.3 Å². The number of ether oxygens (including phenoxy) is 1. The summed E-state index contributed by atoms with van der Waals surface area (Å²) in [5.74, 6) is 0.318. The van der Waals surface area contributed by atoms with E-state index in [4.69, 9.17) is 26.4 Å². The molecule has 1 fully saturated rings. The van der Waals surface area contributed by atoms with Gasteiger partial charge >= 0.3 is 0 Å². The van der Waals surface area contributed by atoms with Crippen molar-refractivity contribution < 1.29 is 19.7 Å². The molecule has 0 unspecified atom stereocenters. The molecule has 1 aliphatic carbocycles. The first-order valence-electron chi connectivity index (χ1n) is 10.9. The van der Waals surface area contributed by atoms with Crippen molar-refractivity contribution in [3.8, 4) is 5.75 Å². The molecule has 2 aromatic carbocycles. The average molecular weight is 458 g/mol. The van der Waals surface area contributed by atoms with Gasteiger partial charge < -0.3 is 25.2 Å². The number of aliphatic hydroxyl groups is 1. The van der Waals surface area contributed by atoms with Crippen LogP contribution in [-0.2, 0) is 15.1 Å². The molecule has 0 radical (unpaired) electrons. The van der Waals surface area contributed by atoms with E-state index in [1.54, 1.807) is 18.5 Å². The monoisotopic (exact) mass is 457 g/mol. The van der Waals surface area contributed by atoms with Gasteiger partial charge in [0.1, 0.15) is 5.75 Å². The fourth-order valence-electron chi connectivity index (χ4n) is 4.22. The van der Waals surface area contributed by atoms with Gasteiger partial charge in [0.05, 0.1) is 32.2 Å². The molecular weight excluding hydrogens is 430 g/mol. The minimum atomic E-state index is -1.28. The molecule has 3 N–H and O–H groups in total. The Bertz CT molecular complexity index is 967. The zero-order valence-corrected chi connectivity index (χ0v) is 18.5. The van der Waals surface area contributed by atoms with Crippen LogP contribution in [0.5, 0.6) is 5.75 Å². The van der Waals surface area contributed by atoms with Crippen LogP contribution in [-0.4, -0.2) is 60.3 Å². The van der Waals surface area contributed by atoms with E-state index in [2.05, 4.69) is 10.2 Å². The van der Waals surface area contributed by atoms with Crippen LogP contribution in [0, 0.1) is 5.92 Å². The maximum atomic E-state index is 13.7. The van der Waals surface area contributed by atoms with Crippen molar-refractivity contribution in [3.05, 3.63) is 64.7 Å². The number of nitrogens with one attached hydrogen (secondary N) is 1. The number of aliphatic hydroxyl groups excluding tert-OH is 1. The van der Waals surface area contributed by atoms with Crippen LogP contribution in [0.15, 0.2) is 53.5 Å². The Morgan fingerprint density at radius 1 is 1.22 bits per heavy atom. The zero-order chi connectivity index (χ0) is 22.6. The summed E-state index contributed by atoms with van der Waals surface area (Å²) >= 11 is 6.10. The smallest absolute Gasteiger partial charge is 0.255 e. The fraction of sp³-hybridized carbons (Fsp3) is 0.417. The van der Waals surface area contributed by atoms with E-state index >= 15 is 0 Å². The van der Waals surface area contributed by atoms with Crippen LogP contribution < -0.4 is 5.32 Å². The molecule has 4 rings (SSSR count). The molecule has 0 aromatic heterocycles. The molecule has 1 amide bonds. The number of hydrogen-bond donors (Lipinski definition) is 3. The number of amides is 1. The molecule has 2 atom stereocenters. The third kappa shape index (κ3) is 4.60. The van der Waals surface area contributed by atoms with Crippen LogP contribution in [0.1, 0.15) is 30.0 Å². The van der Waals surface area contributed by atoms with Crippen LogP contribution in [0.2, 0.25) is 5.02 Å². The van der Waals surface area contributed by atoms with Gasteiger partial charge in [0.25, 0.3) is 5.91 Å². The minimum Gasteiger partial charge on any atom is -0.508 e. The Balaban J connectivity index is 1.73. The Hall–Kier alpha value is -2.61. The zero-order valence-electron chi connectivity index (χ0n) is 17.8. The van der Waals surface area contributed by atoms with E-state index in [0.29, 0.717) is 16.5 Å². The summed E-state index contributed by atoms with van der Waals surface area (Å²) in [6.45, 7) is 1.47. The van der Waals surface area contributed by atoms with E-state index in [9.17, 15) is 9.90 Å². The molecule has 1 aliphatic heterocycles. The lowest BCUT2D eigenvalue weighted by Crippen LogP contribution is -2.49. The molecule has 1 heterocycles. The lowest BCUT2D eigenvalue weighted by molar-refractivity contribution is -0.128. The fourth-order valence-corrected chi connectivity index (χ4v) is 4.39. The highest BCUT2D eigenvalue weighted by atomic mass is 35.5. The molecule has 32 heavy (non-hydrogen) atoms. The molecule has 8 heteroatoms. The van der Waals surface area contributed by atoms with Gasteiger partial charge in [-0.15, -0.1) is 0 Å². The Kier molecular flexibility index (Phi) is 6.98. The van der Waals surface area contributed by atoms with Crippen molar-refractivity contribution in [2.75, 3.05) is 32.9 Å². The number of rotatable bonds is 10. The number of aromatic hydroxyl groups is 1. The number of aliphatic imine (C=N–C) groups is 1. The van der Waals surface area contributed by atoms with Gasteiger partial charge in [-0.1, -0.05) is 48.0 Å². The van der Waals surface area contributed by atoms with Gasteiger partial charge in [-0.3, -0.25) is 9.79 Å². The molecule has 170 valence electrons. The largest absolute Gasteiger partial charge is 0.508 e. The summed E-state index contributed by atoms with van der Waals surface area (Å²) in [5, 5.41) is 23.1. The summed E-state index contributed by atoms with van der Waals surface area (Å²) in [6.07, 6.45) is 4.04. The van der Waals surface area contributed by atoms with E-state index < -0.39 is 11.6 Å². The molecule has 0 bridgehead atoms. The van der Waals surface area contributed by atoms with E-state index in [-0.39, 0.29) is 38.0 Å². The van der Waals surface area contributed by atoms with Gasteiger partial charge in [-0.25, -0.2) is 0 Å². The van der Waals surface area contributed by atoms with Gasteiger partial charge in [0, 0.05) is 23.7 Å². The number of halogens is 1. The number of carbonyl (C=O) groups excluding carboxylic acids is 1. The Labute approximate surface area is 192 Å². The first-order valence-corrected chi connectivity index (χ1v) is 11.3. The lowest BCUT2D eigenvalue weighted by Gasteiger charge is -2.37. The van der Waals surface area contributed by atoms with Crippen molar-refractivity contribution in [1.82, 2.24) is 10.2 Å². The summed E-state index contributed by atoms with van der Waals surface area (Å²) in [5.41, 5.74) is 0.0593. The van der Waals surface area contributed by atoms with Crippen molar-refractivity contribution >= 4 is 23.8 Å². The van der Waals surface area contributed by atoms with Crippen LogP contribution in [0.4, 0.5) is 0 Å². The normalized spacial score (nSPS) is 22.3. The van der Waals surface area contributed by atoms with Gasteiger partial charge in [-0.2, -0.15) is 0 Å². The molecular formula is C24H28ClN3O4. The summed E-state index contributed by atoms with van der Waals surface area (Å²) in [6, 6.07) is 13.9. The van der Waals surface area contributed by atoms with Crippen LogP contribution >= 0.6 is 11.6 Å². The maximum absolute atomic E-state index is 13.7. The predicted octanol–water partition coefficient (Wildman–Crippen LogP) is 2.86. The van der Waals surface area contributed by atoms with Crippen molar-refractivity contribution in [2.24, 2.45) is 10.9 Å². The second kappa shape index (κ2) is 9.90. The second-order valence-electron chi connectivity index (χ2n) is 8.21. The summed E-state index contributed by atoms with van der Waals surface area (Å²) in [7, 11) is 0. The first kappa shape index (κ1) is 22.6. The van der Waals surface area contributed by atoms with Crippen LogP contribution in [0.3, 0.4) is 0 Å². The third-order valence-corrected chi connectivity index (χ3v) is 6.15. The minimum absolute atomic E-state index is 0.0354. The molecule has 2 aromatic rings. The number of nitrogens with zero attached hydrogens (tertiary/aromatic N) is 2. The maximum Gasteiger partial charge on any atom is 0.255 e. The Morgan fingerprint density at radius 3 is 2.69 bits per heavy atom. The van der Waals surface area contributed by atoms with Crippen LogP contribution in [0.25, 0.3) is 0 Å². The highest BCUT2D eigenvalue weighted by molar-refractivity contribution is 6.30. The molecule has 1 saturated carbocycles. The molecule has 0 spiro atoms. The summed E-state index contributed by atoms with van der Waals surface area (Å²) < 4.78 is 5.29.